The number of hydrogen-bond donors (Lipinski definition) is 1. The Labute approximate surface area is 225 Å². The van der Waals surface area contributed by atoms with Crippen LogP contribution in [0.2, 0.25) is 0 Å². The first-order valence-electron chi connectivity index (χ1n) is 14.1. The van der Waals surface area contributed by atoms with Gasteiger partial charge in [-0.1, -0.05) is 43.3 Å². The Morgan fingerprint density at radius 2 is 1.65 bits per heavy atom. The molecule has 4 saturated carbocycles. The molecule has 1 N–H and O–H groups in total. The van der Waals surface area contributed by atoms with E-state index in [0.29, 0.717) is 13.0 Å². The maximum atomic E-state index is 13.7. The van der Waals surface area contributed by atoms with Crippen LogP contribution in [0.25, 0.3) is 0 Å². The second-order valence-corrected chi connectivity index (χ2v) is 12.5. The highest BCUT2D eigenvalue weighted by atomic mass is 32.2. The first-order chi connectivity index (χ1) is 17.9. The summed E-state index contributed by atoms with van der Waals surface area (Å²) < 4.78 is 5.05. The molecule has 0 radical (unpaired) electrons. The van der Waals surface area contributed by atoms with Gasteiger partial charge in [-0.25, -0.2) is 4.79 Å². The number of anilines is 1. The molecule has 6 rings (SSSR count). The van der Waals surface area contributed by atoms with E-state index in [1.165, 1.54) is 19.3 Å². The molecular weight excluding hydrogens is 480 g/mol. The Bertz CT molecular complexity index is 1060. The SMILES string of the molecule is CCCCN(C(=O)NC12CC3CC(CC(C3)C1)C2)c1cccc(Sc2ccc(CC(=O)OCC)cc2)c1. The molecule has 4 aliphatic rings. The number of carbonyl (C=O) groups excluding carboxylic acids is 2. The van der Waals surface area contributed by atoms with Gasteiger partial charge in [-0.15, -0.1) is 0 Å². The molecule has 4 aliphatic carbocycles. The predicted octanol–water partition coefficient (Wildman–Crippen LogP) is 7.23. The van der Waals surface area contributed by atoms with E-state index in [1.54, 1.807) is 11.8 Å². The Balaban J connectivity index is 1.27. The topological polar surface area (TPSA) is 58.6 Å². The van der Waals surface area contributed by atoms with Crippen LogP contribution in [-0.2, 0) is 16.0 Å². The molecule has 0 saturated heterocycles. The molecule has 4 bridgehead atoms. The van der Waals surface area contributed by atoms with Crippen LogP contribution in [0.1, 0.15) is 70.8 Å². The summed E-state index contributed by atoms with van der Waals surface area (Å²) in [6, 6.07) is 16.4. The molecule has 2 amide bonds. The minimum Gasteiger partial charge on any atom is -0.466 e. The van der Waals surface area contributed by atoms with Crippen molar-refractivity contribution in [3.63, 3.8) is 0 Å². The van der Waals surface area contributed by atoms with Crippen LogP contribution in [-0.4, -0.2) is 30.7 Å². The number of nitrogens with zero attached hydrogens (tertiary/aromatic N) is 1. The zero-order valence-electron chi connectivity index (χ0n) is 22.2. The number of carbonyl (C=O) groups is 2. The number of ether oxygens (including phenoxy) is 1. The maximum absolute atomic E-state index is 13.7. The smallest absolute Gasteiger partial charge is 0.322 e. The zero-order valence-corrected chi connectivity index (χ0v) is 23.0. The van der Waals surface area contributed by atoms with E-state index >= 15 is 0 Å². The fourth-order valence-electron chi connectivity index (χ4n) is 7.13. The third-order valence-electron chi connectivity index (χ3n) is 8.33. The second kappa shape index (κ2) is 11.5. The van der Waals surface area contributed by atoms with Crippen molar-refractivity contribution in [2.24, 2.45) is 17.8 Å². The van der Waals surface area contributed by atoms with Crippen molar-refractivity contribution < 1.29 is 14.3 Å². The normalized spacial score (nSPS) is 25.6. The van der Waals surface area contributed by atoms with Crippen LogP contribution >= 0.6 is 11.8 Å². The van der Waals surface area contributed by atoms with Crippen molar-refractivity contribution >= 4 is 29.4 Å². The van der Waals surface area contributed by atoms with E-state index in [1.807, 2.05) is 42.2 Å². The Morgan fingerprint density at radius 1 is 0.973 bits per heavy atom. The molecule has 2 aromatic rings. The van der Waals surface area contributed by atoms with E-state index in [0.717, 1.165) is 77.4 Å². The number of hydrogen-bond acceptors (Lipinski definition) is 4. The van der Waals surface area contributed by atoms with Gasteiger partial charge in [0.25, 0.3) is 0 Å². The maximum Gasteiger partial charge on any atom is 0.322 e. The monoisotopic (exact) mass is 520 g/mol. The summed E-state index contributed by atoms with van der Waals surface area (Å²) in [7, 11) is 0. The van der Waals surface area contributed by atoms with E-state index in [4.69, 9.17) is 4.74 Å². The molecule has 0 aliphatic heterocycles. The Morgan fingerprint density at radius 3 is 2.27 bits per heavy atom. The minimum atomic E-state index is -0.199. The molecule has 5 nitrogen and oxygen atoms in total. The summed E-state index contributed by atoms with van der Waals surface area (Å²) in [5.41, 5.74) is 1.91. The molecule has 4 fully saturated rings. The van der Waals surface area contributed by atoms with Crippen molar-refractivity contribution in [2.75, 3.05) is 18.1 Å². The number of benzene rings is 2. The summed E-state index contributed by atoms with van der Waals surface area (Å²) in [6.45, 7) is 5.12. The fourth-order valence-corrected chi connectivity index (χ4v) is 8.00. The van der Waals surface area contributed by atoms with Gasteiger partial charge in [0, 0.05) is 27.6 Å². The lowest BCUT2D eigenvalue weighted by atomic mass is 9.53. The van der Waals surface area contributed by atoms with Gasteiger partial charge in [0.15, 0.2) is 0 Å². The lowest BCUT2D eigenvalue weighted by Gasteiger charge is -2.57. The van der Waals surface area contributed by atoms with Gasteiger partial charge in [-0.05, 0) is 106 Å². The lowest BCUT2D eigenvalue weighted by Crippen LogP contribution is -2.62. The molecule has 0 heterocycles. The standard InChI is InChI=1S/C31H40N2O3S/c1-3-5-13-33(30(35)32-31-19-23-14-24(20-31)16-25(15-23)21-31)26-7-6-8-28(18-26)37-27-11-9-22(10-12-27)17-29(34)36-4-2/h6-12,18,23-25H,3-5,13-17,19-21H2,1-2H3,(H,32,35). The molecule has 0 atom stereocenters. The molecule has 0 unspecified atom stereocenters. The quantitative estimate of drug-likeness (QED) is 0.336. The van der Waals surface area contributed by atoms with Crippen LogP contribution in [0.3, 0.4) is 0 Å². The Hall–Kier alpha value is -2.47. The van der Waals surface area contributed by atoms with Crippen molar-refractivity contribution in [1.29, 1.82) is 0 Å². The van der Waals surface area contributed by atoms with Crippen molar-refractivity contribution in [3.05, 3.63) is 54.1 Å². The van der Waals surface area contributed by atoms with E-state index in [-0.39, 0.29) is 17.5 Å². The molecule has 37 heavy (non-hydrogen) atoms. The van der Waals surface area contributed by atoms with Gasteiger partial charge in [0.2, 0.25) is 0 Å². The molecule has 6 heteroatoms. The molecule has 0 aromatic heterocycles. The summed E-state index contributed by atoms with van der Waals surface area (Å²) >= 11 is 1.67. The number of rotatable bonds is 10. The predicted molar refractivity (Wildman–Crippen MR) is 149 cm³/mol. The first-order valence-corrected chi connectivity index (χ1v) is 14.9. The summed E-state index contributed by atoms with van der Waals surface area (Å²) in [5.74, 6) is 2.21. The second-order valence-electron chi connectivity index (χ2n) is 11.4. The molecular formula is C31H40N2O3S. The van der Waals surface area contributed by atoms with Gasteiger partial charge in [-0.3, -0.25) is 9.69 Å². The number of esters is 1. The number of nitrogens with one attached hydrogen (secondary N) is 1. The van der Waals surface area contributed by atoms with Crippen LogP contribution in [0.4, 0.5) is 10.5 Å². The largest absolute Gasteiger partial charge is 0.466 e. The van der Waals surface area contributed by atoms with Crippen molar-refractivity contribution in [1.82, 2.24) is 5.32 Å². The fraction of sp³-hybridized carbons (Fsp3) is 0.548. The first kappa shape index (κ1) is 26.1. The van der Waals surface area contributed by atoms with Crippen LogP contribution in [0.5, 0.6) is 0 Å². The molecule has 0 spiro atoms. The van der Waals surface area contributed by atoms with Crippen LogP contribution in [0.15, 0.2) is 58.3 Å². The highest BCUT2D eigenvalue weighted by Gasteiger charge is 2.51. The average molecular weight is 521 g/mol. The van der Waals surface area contributed by atoms with E-state index < -0.39 is 0 Å². The lowest BCUT2D eigenvalue weighted by molar-refractivity contribution is -0.142. The zero-order chi connectivity index (χ0) is 25.8. The number of unbranched alkanes of at least 4 members (excludes halogenated alkanes) is 1. The number of urea groups is 1. The van der Waals surface area contributed by atoms with Crippen molar-refractivity contribution in [3.8, 4) is 0 Å². The summed E-state index contributed by atoms with van der Waals surface area (Å²) in [4.78, 5) is 29.7. The van der Waals surface area contributed by atoms with Crippen molar-refractivity contribution in [2.45, 2.75) is 87.0 Å². The molecule has 198 valence electrons. The third-order valence-corrected chi connectivity index (χ3v) is 9.33. The highest BCUT2D eigenvalue weighted by Crippen LogP contribution is 2.55. The van der Waals surface area contributed by atoms with Crippen LogP contribution < -0.4 is 10.2 Å². The van der Waals surface area contributed by atoms with Gasteiger partial charge in [0.05, 0.1) is 13.0 Å². The highest BCUT2D eigenvalue weighted by molar-refractivity contribution is 7.99. The van der Waals surface area contributed by atoms with Gasteiger partial charge in [0.1, 0.15) is 0 Å². The summed E-state index contributed by atoms with van der Waals surface area (Å²) in [6.07, 6.45) is 9.92. The Kier molecular flexibility index (Phi) is 8.13. The van der Waals surface area contributed by atoms with Gasteiger partial charge >= 0.3 is 12.0 Å². The molecule has 2 aromatic carbocycles. The average Bonchev–Trinajstić information content (AvgIpc) is 2.85. The summed E-state index contributed by atoms with van der Waals surface area (Å²) in [5, 5.41) is 3.57. The third kappa shape index (κ3) is 6.34. The van der Waals surface area contributed by atoms with Gasteiger partial charge < -0.3 is 10.1 Å². The van der Waals surface area contributed by atoms with Crippen LogP contribution in [0, 0.1) is 17.8 Å². The number of amides is 2. The van der Waals surface area contributed by atoms with E-state index in [9.17, 15) is 9.59 Å². The minimum absolute atomic E-state index is 0.00789. The van der Waals surface area contributed by atoms with E-state index in [2.05, 4.69) is 30.4 Å². The van der Waals surface area contributed by atoms with Gasteiger partial charge in [-0.2, -0.15) is 0 Å².